The Kier molecular flexibility index (Phi) is 6.89. The predicted molar refractivity (Wildman–Crippen MR) is 128 cm³/mol. The highest BCUT2D eigenvalue weighted by Gasteiger charge is 2.29. The lowest BCUT2D eigenvalue weighted by Crippen LogP contribution is -2.35. The second-order valence-corrected chi connectivity index (χ2v) is 8.07. The number of nitrogens with one attached hydrogen (secondary N) is 1. The highest BCUT2D eigenvalue weighted by Crippen LogP contribution is 2.29. The van der Waals surface area contributed by atoms with Gasteiger partial charge in [0.1, 0.15) is 5.75 Å². The molecule has 2 heterocycles. The molecule has 7 heteroatoms. The van der Waals surface area contributed by atoms with Gasteiger partial charge in [-0.2, -0.15) is 0 Å². The lowest BCUT2D eigenvalue weighted by atomic mass is 9.95. The first-order valence-electron chi connectivity index (χ1n) is 11.3. The average molecular weight is 448 g/mol. The van der Waals surface area contributed by atoms with Crippen molar-refractivity contribution in [2.45, 2.75) is 39.3 Å². The molecule has 0 spiro atoms. The average Bonchev–Trinajstić information content (AvgIpc) is 2.85. The highest BCUT2D eigenvalue weighted by atomic mass is 16.5. The van der Waals surface area contributed by atoms with Gasteiger partial charge in [0.15, 0.2) is 6.10 Å². The summed E-state index contributed by atoms with van der Waals surface area (Å²) in [5.41, 5.74) is 3.73. The van der Waals surface area contributed by atoms with E-state index in [2.05, 4.69) is 17.1 Å². The SMILES string of the molecule is CCC(OC(=O)c1c2c(nc3ccccc13)CCN(CC)C2)C(=O)Nc1ccc(OC)cc1. The Bertz CT molecular complexity index is 1160. The minimum atomic E-state index is -0.909. The zero-order valence-corrected chi connectivity index (χ0v) is 19.3. The Labute approximate surface area is 193 Å². The van der Waals surface area contributed by atoms with Crippen molar-refractivity contribution < 1.29 is 19.1 Å². The molecule has 1 atom stereocenters. The van der Waals surface area contributed by atoms with Crippen LogP contribution in [0.5, 0.6) is 5.75 Å². The minimum Gasteiger partial charge on any atom is -0.497 e. The summed E-state index contributed by atoms with van der Waals surface area (Å²) in [7, 11) is 1.58. The molecule has 1 unspecified atom stereocenters. The van der Waals surface area contributed by atoms with Gasteiger partial charge in [-0.1, -0.05) is 32.0 Å². The summed E-state index contributed by atoms with van der Waals surface area (Å²) in [6.07, 6.45) is 0.233. The standard InChI is InChI=1S/C26H29N3O4/c1-4-23(25(30)27-17-10-12-18(32-3)13-11-17)33-26(31)24-19-8-6-7-9-21(19)28-22-14-15-29(5-2)16-20(22)24/h6-13,23H,4-5,14-16H2,1-3H3,(H,27,30). The number of rotatable bonds is 7. The number of carbonyl (C=O) groups is 2. The van der Waals surface area contributed by atoms with Crippen LogP contribution in [0.3, 0.4) is 0 Å². The molecule has 1 aliphatic heterocycles. The molecular formula is C26H29N3O4. The predicted octanol–water partition coefficient (Wildman–Crippen LogP) is 4.20. The number of aromatic nitrogens is 1. The van der Waals surface area contributed by atoms with E-state index >= 15 is 0 Å². The van der Waals surface area contributed by atoms with E-state index in [1.165, 1.54) is 0 Å². The summed E-state index contributed by atoms with van der Waals surface area (Å²) in [6.45, 7) is 6.37. The molecule has 3 aromatic rings. The molecule has 0 aliphatic carbocycles. The van der Waals surface area contributed by atoms with Crippen molar-refractivity contribution in [1.82, 2.24) is 9.88 Å². The maximum Gasteiger partial charge on any atom is 0.340 e. The second-order valence-electron chi connectivity index (χ2n) is 8.07. The first-order valence-corrected chi connectivity index (χ1v) is 11.3. The molecule has 2 aromatic carbocycles. The summed E-state index contributed by atoms with van der Waals surface area (Å²) in [6, 6.07) is 14.6. The lowest BCUT2D eigenvalue weighted by molar-refractivity contribution is -0.124. The van der Waals surface area contributed by atoms with Crippen molar-refractivity contribution in [3.05, 3.63) is 65.4 Å². The topological polar surface area (TPSA) is 80.8 Å². The van der Waals surface area contributed by atoms with Crippen molar-refractivity contribution in [2.75, 3.05) is 25.5 Å². The number of pyridine rings is 1. The third kappa shape index (κ3) is 4.83. The van der Waals surface area contributed by atoms with Crippen LogP contribution in [0.25, 0.3) is 10.9 Å². The molecule has 4 rings (SSSR count). The molecule has 0 radical (unpaired) electrons. The molecule has 1 aromatic heterocycles. The van der Waals surface area contributed by atoms with E-state index in [0.29, 0.717) is 30.0 Å². The number of amides is 1. The number of likely N-dealkylation sites (N-methyl/N-ethyl adjacent to an activating group) is 1. The molecular weight excluding hydrogens is 418 g/mol. The largest absolute Gasteiger partial charge is 0.497 e. The van der Waals surface area contributed by atoms with Crippen LogP contribution in [0.15, 0.2) is 48.5 Å². The lowest BCUT2D eigenvalue weighted by Gasteiger charge is -2.29. The smallest absolute Gasteiger partial charge is 0.340 e. The van der Waals surface area contributed by atoms with Crippen LogP contribution >= 0.6 is 0 Å². The number of hydrogen-bond donors (Lipinski definition) is 1. The van der Waals surface area contributed by atoms with Gasteiger partial charge < -0.3 is 14.8 Å². The zero-order valence-electron chi connectivity index (χ0n) is 19.3. The van der Waals surface area contributed by atoms with Crippen molar-refractivity contribution in [1.29, 1.82) is 0 Å². The molecule has 1 amide bonds. The Morgan fingerprint density at radius 3 is 2.58 bits per heavy atom. The van der Waals surface area contributed by atoms with Gasteiger partial charge in [-0.15, -0.1) is 0 Å². The molecule has 33 heavy (non-hydrogen) atoms. The van der Waals surface area contributed by atoms with Gasteiger partial charge in [0, 0.05) is 41.8 Å². The van der Waals surface area contributed by atoms with Crippen molar-refractivity contribution >= 4 is 28.5 Å². The van der Waals surface area contributed by atoms with Crippen molar-refractivity contribution in [2.24, 2.45) is 0 Å². The molecule has 1 N–H and O–H groups in total. The van der Waals surface area contributed by atoms with Crippen LogP contribution in [0.1, 0.15) is 41.9 Å². The third-order valence-corrected chi connectivity index (χ3v) is 6.05. The number of methoxy groups -OCH3 is 1. The van der Waals surface area contributed by atoms with E-state index in [1.807, 2.05) is 31.2 Å². The Balaban J connectivity index is 1.61. The number of hydrogen-bond acceptors (Lipinski definition) is 6. The first kappa shape index (κ1) is 22.7. The van der Waals surface area contributed by atoms with Gasteiger partial charge in [0.25, 0.3) is 5.91 Å². The van der Waals surface area contributed by atoms with E-state index in [-0.39, 0.29) is 5.91 Å². The third-order valence-electron chi connectivity index (χ3n) is 6.05. The van der Waals surface area contributed by atoms with Gasteiger partial charge in [-0.3, -0.25) is 14.7 Å². The van der Waals surface area contributed by atoms with E-state index in [4.69, 9.17) is 14.5 Å². The summed E-state index contributed by atoms with van der Waals surface area (Å²) in [5.74, 6) is -0.153. The number of fused-ring (bicyclic) bond motifs is 2. The molecule has 0 fully saturated rings. The van der Waals surface area contributed by atoms with Crippen LogP contribution in [-0.4, -0.2) is 48.1 Å². The quantitative estimate of drug-likeness (QED) is 0.547. The second kappa shape index (κ2) is 10.0. The van der Waals surface area contributed by atoms with E-state index in [0.717, 1.165) is 41.7 Å². The number of nitrogens with zero attached hydrogens (tertiary/aromatic N) is 2. The van der Waals surface area contributed by atoms with Crippen LogP contribution in [-0.2, 0) is 22.5 Å². The number of para-hydroxylation sites is 1. The molecule has 0 saturated carbocycles. The maximum absolute atomic E-state index is 13.5. The number of carbonyl (C=O) groups excluding carboxylic acids is 2. The van der Waals surface area contributed by atoms with Crippen LogP contribution < -0.4 is 10.1 Å². The molecule has 0 bridgehead atoms. The van der Waals surface area contributed by atoms with E-state index in [9.17, 15) is 9.59 Å². The van der Waals surface area contributed by atoms with Gasteiger partial charge in [0.2, 0.25) is 0 Å². The van der Waals surface area contributed by atoms with Crippen LogP contribution in [0, 0.1) is 0 Å². The Morgan fingerprint density at radius 1 is 1.12 bits per heavy atom. The fourth-order valence-electron chi connectivity index (χ4n) is 4.16. The summed E-state index contributed by atoms with van der Waals surface area (Å²) in [5, 5.41) is 3.58. The van der Waals surface area contributed by atoms with Gasteiger partial charge >= 0.3 is 5.97 Å². The molecule has 1 aliphatic rings. The normalized spacial score (nSPS) is 14.4. The molecule has 7 nitrogen and oxygen atoms in total. The van der Waals surface area contributed by atoms with Crippen molar-refractivity contribution in [3.8, 4) is 5.75 Å². The fraction of sp³-hybridized carbons (Fsp3) is 0.346. The van der Waals surface area contributed by atoms with E-state index in [1.54, 1.807) is 31.4 Å². The van der Waals surface area contributed by atoms with Gasteiger partial charge in [-0.05, 0) is 43.3 Å². The summed E-state index contributed by atoms with van der Waals surface area (Å²) >= 11 is 0. The van der Waals surface area contributed by atoms with Crippen LogP contribution in [0.2, 0.25) is 0 Å². The monoisotopic (exact) mass is 447 g/mol. The van der Waals surface area contributed by atoms with E-state index < -0.39 is 12.1 Å². The number of benzene rings is 2. The first-order chi connectivity index (χ1) is 16.0. The molecule has 172 valence electrons. The highest BCUT2D eigenvalue weighted by molar-refractivity contribution is 6.06. The number of esters is 1. The maximum atomic E-state index is 13.5. The fourth-order valence-corrected chi connectivity index (χ4v) is 4.16. The van der Waals surface area contributed by atoms with Gasteiger partial charge in [0.05, 0.1) is 18.2 Å². The van der Waals surface area contributed by atoms with Crippen molar-refractivity contribution in [3.63, 3.8) is 0 Å². The zero-order chi connectivity index (χ0) is 23.4. The molecule has 0 saturated heterocycles. The minimum absolute atomic E-state index is 0.361. The van der Waals surface area contributed by atoms with Gasteiger partial charge in [-0.25, -0.2) is 4.79 Å². The Morgan fingerprint density at radius 2 is 1.88 bits per heavy atom. The summed E-state index contributed by atoms with van der Waals surface area (Å²) < 4.78 is 10.9. The number of anilines is 1. The summed E-state index contributed by atoms with van der Waals surface area (Å²) in [4.78, 5) is 33.4. The van der Waals surface area contributed by atoms with Crippen LogP contribution in [0.4, 0.5) is 5.69 Å². The number of ether oxygens (including phenoxy) is 2. The Hall–Kier alpha value is -3.45.